The topological polar surface area (TPSA) is 89.2 Å². The number of carboxylic acid groups (broad SMARTS) is 1. The van der Waals surface area contributed by atoms with Gasteiger partial charge in [0.25, 0.3) is 0 Å². The number of benzene rings is 1. The average Bonchev–Trinajstić information content (AvgIpc) is 2.96. The molecular weight excluding hydrogens is 399 g/mol. The Labute approximate surface area is 140 Å². The molecule has 116 valence electrons. The number of H-pyrrole nitrogens is 1. The second kappa shape index (κ2) is 6.57. The van der Waals surface area contributed by atoms with Gasteiger partial charge < -0.3 is 10.0 Å². The van der Waals surface area contributed by atoms with Gasteiger partial charge in [-0.1, -0.05) is 6.07 Å². The molecule has 1 aliphatic rings. The van der Waals surface area contributed by atoms with E-state index >= 15 is 0 Å². The minimum absolute atomic E-state index is 0.524. The number of hydrogen-bond acceptors (Lipinski definition) is 4. The predicted octanol–water partition coefficient (Wildman–Crippen LogP) is 0.482. The summed E-state index contributed by atoms with van der Waals surface area (Å²) < 4.78 is 1.13. The first kappa shape index (κ1) is 15.2. The van der Waals surface area contributed by atoms with Crippen LogP contribution >= 0.6 is 22.6 Å². The summed E-state index contributed by atoms with van der Waals surface area (Å²) in [6.07, 6.45) is -0.853. The summed E-state index contributed by atoms with van der Waals surface area (Å²) in [5.74, 6) is 0.697. The second-order valence-electron chi connectivity index (χ2n) is 5.07. The molecule has 1 fully saturated rings. The monoisotopic (exact) mass is 415 g/mol. The Bertz CT molecular complexity index is 668. The molecule has 0 bridgehead atoms. The highest BCUT2D eigenvalue weighted by Crippen LogP contribution is 2.07. The standard InChI is InChI=1S/C13H15IN6O2/c14-10-2-1-3-11(8-10)20-16-12(15-17-20)9-18-4-6-19(7-5-18)13(21)22/h1-3,8H,4-7,9H2,(H,21,22)/p+1. The third-order valence-corrected chi connectivity index (χ3v) is 4.22. The molecule has 0 atom stereocenters. The molecule has 1 aromatic heterocycles. The lowest BCUT2D eigenvalue weighted by Gasteiger charge is -2.31. The van der Waals surface area contributed by atoms with Crippen LogP contribution in [0.5, 0.6) is 0 Å². The first-order valence-electron chi connectivity index (χ1n) is 6.91. The van der Waals surface area contributed by atoms with Crippen molar-refractivity contribution in [2.24, 2.45) is 0 Å². The van der Waals surface area contributed by atoms with Crippen molar-refractivity contribution < 1.29 is 14.7 Å². The third-order valence-electron chi connectivity index (χ3n) is 3.55. The van der Waals surface area contributed by atoms with Gasteiger partial charge in [0.15, 0.2) is 5.69 Å². The van der Waals surface area contributed by atoms with Gasteiger partial charge in [0.2, 0.25) is 0 Å². The Morgan fingerprint density at radius 1 is 1.36 bits per heavy atom. The Morgan fingerprint density at radius 3 is 2.82 bits per heavy atom. The number of aromatic amines is 1. The van der Waals surface area contributed by atoms with Gasteiger partial charge in [-0.2, -0.15) is 0 Å². The molecule has 8 nitrogen and oxygen atoms in total. The van der Waals surface area contributed by atoms with Gasteiger partial charge in [0, 0.05) is 35.8 Å². The van der Waals surface area contributed by atoms with Crippen molar-refractivity contribution in [3.8, 4) is 5.69 Å². The number of carbonyl (C=O) groups is 1. The Hall–Kier alpha value is -1.75. The van der Waals surface area contributed by atoms with Gasteiger partial charge in [-0.05, 0) is 49.8 Å². The number of halogens is 1. The van der Waals surface area contributed by atoms with Crippen LogP contribution in [0, 0.1) is 3.57 Å². The summed E-state index contributed by atoms with van der Waals surface area (Å²) in [5, 5.41) is 20.5. The molecule has 0 spiro atoms. The zero-order valence-corrected chi connectivity index (χ0v) is 14.0. The third kappa shape index (κ3) is 3.53. The summed E-state index contributed by atoms with van der Waals surface area (Å²) >= 11 is 2.25. The van der Waals surface area contributed by atoms with Crippen molar-refractivity contribution in [2.45, 2.75) is 6.54 Å². The number of amides is 1. The first-order chi connectivity index (χ1) is 10.6. The number of aromatic nitrogens is 4. The molecule has 22 heavy (non-hydrogen) atoms. The Morgan fingerprint density at radius 2 is 2.14 bits per heavy atom. The largest absolute Gasteiger partial charge is 0.465 e. The summed E-state index contributed by atoms with van der Waals surface area (Å²) in [4.78, 5) is 16.1. The van der Waals surface area contributed by atoms with Crippen LogP contribution in [0.1, 0.15) is 5.82 Å². The molecule has 1 aromatic carbocycles. The van der Waals surface area contributed by atoms with Gasteiger partial charge in [-0.25, -0.2) is 4.79 Å². The van der Waals surface area contributed by atoms with Crippen LogP contribution in [-0.4, -0.2) is 62.6 Å². The molecule has 3 rings (SSSR count). The van der Waals surface area contributed by atoms with Gasteiger partial charge in [0.05, 0.1) is 11.6 Å². The normalized spacial score (nSPS) is 16.0. The quantitative estimate of drug-likeness (QED) is 0.563. The van der Waals surface area contributed by atoms with Gasteiger partial charge in [0.1, 0.15) is 0 Å². The Balaban J connectivity index is 1.62. The molecule has 0 radical (unpaired) electrons. The van der Waals surface area contributed by atoms with Crippen molar-refractivity contribution in [2.75, 3.05) is 26.2 Å². The number of piperazine rings is 1. The van der Waals surface area contributed by atoms with Crippen LogP contribution in [-0.2, 0) is 6.54 Å². The minimum atomic E-state index is -0.853. The lowest BCUT2D eigenvalue weighted by molar-refractivity contribution is -0.717. The molecular formula is C13H16IN6O2+. The van der Waals surface area contributed by atoms with E-state index in [9.17, 15) is 4.79 Å². The van der Waals surface area contributed by atoms with Crippen molar-refractivity contribution in [3.63, 3.8) is 0 Å². The summed E-state index contributed by atoms with van der Waals surface area (Å²) in [5.41, 5.74) is 0.932. The van der Waals surface area contributed by atoms with Crippen LogP contribution in [0.4, 0.5) is 4.79 Å². The highest BCUT2D eigenvalue weighted by molar-refractivity contribution is 14.1. The van der Waals surface area contributed by atoms with E-state index in [4.69, 9.17) is 5.11 Å². The molecule has 0 unspecified atom stereocenters. The fourth-order valence-corrected chi connectivity index (χ4v) is 2.88. The molecule has 9 heteroatoms. The maximum Gasteiger partial charge on any atom is 0.407 e. The average molecular weight is 415 g/mol. The van der Waals surface area contributed by atoms with E-state index in [1.165, 1.54) is 4.90 Å². The highest BCUT2D eigenvalue weighted by atomic mass is 127. The molecule has 2 heterocycles. The second-order valence-corrected chi connectivity index (χ2v) is 6.31. The fourth-order valence-electron chi connectivity index (χ4n) is 2.35. The Kier molecular flexibility index (Phi) is 4.52. The lowest BCUT2D eigenvalue weighted by Crippen LogP contribution is -2.48. The van der Waals surface area contributed by atoms with Crippen LogP contribution < -0.4 is 4.80 Å². The molecule has 1 aliphatic heterocycles. The fraction of sp³-hybridized carbons (Fsp3) is 0.385. The van der Waals surface area contributed by atoms with E-state index in [0.29, 0.717) is 38.5 Å². The first-order valence-corrected chi connectivity index (χ1v) is 7.99. The van der Waals surface area contributed by atoms with Gasteiger partial charge in [-0.15, -0.1) is 0 Å². The van der Waals surface area contributed by atoms with E-state index in [0.717, 1.165) is 9.26 Å². The van der Waals surface area contributed by atoms with E-state index in [-0.39, 0.29) is 0 Å². The van der Waals surface area contributed by atoms with E-state index in [1.807, 2.05) is 24.3 Å². The van der Waals surface area contributed by atoms with Crippen LogP contribution in [0.3, 0.4) is 0 Å². The zero-order valence-electron chi connectivity index (χ0n) is 11.8. The summed E-state index contributed by atoms with van der Waals surface area (Å²) in [6.45, 7) is 3.06. The highest BCUT2D eigenvalue weighted by Gasteiger charge is 2.23. The van der Waals surface area contributed by atoms with Crippen molar-refractivity contribution in [3.05, 3.63) is 33.7 Å². The summed E-state index contributed by atoms with van der Waals surface area (Å²) in [6, 6.07) is 7.96. The molecule has 1 saturated heterocycles. The van der Waals surface area contributed by atoms with E-state index < -0.39 is 6.09 Å². The van der Waals surface area contributed by atoms with Crippen molar-refractivity contribution >= 4 is 28.7 Å². The SMILES string of the molecule is O=C(O)N1CCN(Cc2n[nH][n+](-c3cccc(I)c3)n2)CC1. The lowest BCUT2D eigenvalue weighted by atomic mass is 10.3. The van der Waals surface area contributed by atoms with Gasteiger partial charge >= 0.3 is 11.9 Å². The van der Waals surface area contributed by atoms with Gasteiger partial charge in [-0.3, -0.25) is 4.90 Å². The van der Waals surface area contributed by atoms with Crippen molar-refractivity contribution in [1.29, 1.82) is 0 Å². The minimum Gasteiger partial charge on any atom is -0.465 e. The molecule has 2 aromatic rings. The number of tetrazole rings is 1. The predicted molar refractivity (Wildman–Crippen MR) is 85.5 cm³/mol. The summed E-state index contributed by atoms with van der Waals surface area (Å²) in [7, 11) is 0. The molecule has 2 N–H and O–H groups in total. The number of rotatable bonds is 3. The van der Waals surface area contributed by atoms with Crippen LogP contribution in [0.15, 0.2) is 24.3 Å². The number of nitrogens with one attached hydrogen (secondary N) is 1. The maximum atomic E-state index is 10.9. The molecule has 1 amide bonds. The zero-order chi connectivity index (χ0) is 15.5. The van der Waals surface area contributed by atoms with Crippen LogP contribution in [0.2, 0.25) is 0 Å². The van der Waals surface area contributed by atoms with E-state index in [2.05, 4.69) is 42.9 Å². The van der Waals surface area contributed by atoms with E-state index in [1.54, 1.807) is 4.80 Å². The molecule has 0 saturated carbocycles. The number of nitrogens with zero attached hydrogens (tertiary/aromatic N) is 5. The van der Waals surface area contributed by atoms with Crippen molar-refractivity contribution in [1.82, 2.24) is 25.2 Å². The van der Waals surface area contributed by atoms with Crippen LogP contribution in [0.25, 0.3) is 5.69 Å². The smallest absolute Gasteiger partial charge is 0.407 e. The molecule has 0 aliphatic carbocycles. The maximum absolute atomic E-state index is 10.9. The number of hydrogen-bond donors (Lipinski definition) is 2.